The average molecular weight is 376 g/mol. The first kappa shape index (κ1) is 18.7. The number of ether oxygens (including phenoxy) is 2. The minimum absolute atomic E-state index is 0.405. The molecule has 0 N–H and O–H groups in total. The van der Waals surface area contributed by atoms with Crippen LogP contribution in [0.25, 0.3) is 0 Å². The van der Waals surface area contributed by atoms with E-state index in [4.69, 9.17) is 9.47 Å². The molecule has 0 bridgehead atoms. The van der Waals surface area contributed by atoms with Gasteiger partial charge in [0.05, 0.1) is 20.3 Å². The standard InChI is InChI=1S/C19H24N2O4S/c1-20(2)26(22,23)21-11-10-15-12-17(24-3)18(25-4)13-16(15)19(21)14-8-6-5-7-9-14/h5-9,12-13,19H,10-11H2,1-4H3/t19-/m0/s1. The molecule has 1 aliphatic heterocycles. The van der Waals surface area contributed by atoms with Gasteiger partial charge in [0.25, 0.3) is 10.2 Å². The summed E-state index contributed by atoms with van der Waals surface area (Å²) in [5.74, 6) is 1.25. The fourth-order valence-corrected chi connectivity index (χ4v) is 4.61. The summed E-state index contributed by atoms with van der Waals surface area (Å²) in [7, 11) is 2.72. The van der Waals surface area contributed by atoms with Crippen molar-refractivity contribution in [1.29, 1.82) is 0 Å². The molecule has 0 radical (unpaired) electrons. The number of nitrogens with zero attached hydrogens (tertiary/aromatic N) is 2. The predicted octanol–water partition coefficient (Wildman–Crippen LogP) is 2.46. The molecule has 1 heterocycles. The second kappa shape index (κ2) is 7.26. The van der Waals surface area contributed by atoms with Crippen molar-refractivity contribution >= 4 is 10.2 Å². The maximum atomic E-state index is 13.0. The molecule has 1 atom stereocenters. The molecule has 0 amide bonds. The van der Waals surface area contributed by atoms with Crippen molar-refractivity contribution in [3.05, 3.63) is 59.2 Å². The van der Waals surface area contributed by atoms with Gasteiger partial charge >= 0.3 is 0 Å². The molecule has 0 saturated carbocycles. The highest BCUT2D eigenvalue weighted by atomic mass is 32.2. The Morgan fingerprint density at radius 3 is 2.23 bits per heavy atom. The third-order valence-electron chi connectivity index (χ3n) is 4.70. The molecule has 0 aliphatic carbocycles. The summed E-state index contributed by atoms with van der Waals surface area (Å²) in [5.41, 5.74) is 2.92. The number of hydrogen-bond acceptors (Lipinski definition) is 4. The van der Waals surface area contributed by atoms with E-state index in [1.54, 1.807) is 32.6 Å². The predicted molar refractivity (Wildman–Crippen MR) is 101 cm³/mol. The highest BCUT2D eigenvalue weighted by molar-refractivity contribution is 7.86. The summed E-state index contributed by atoms with van der Waals surface area (Å²) in [4.78, 5) is 0. The van der Waals surface area contributed by atoms with Gasteiger partial charge in [0, 0.05) is 20.6 Å². The largest absolute Gasteiger partial charge is 0.493 e. The third-order valence-corrected chi connectivity index (χ3v) is 6.61. The first-order valence-electron chi connectivity index (χ1n) is 8.39. The molecule has 0 aromatic heterocycles. The van der Waals surface area contributed by atoms with Crippen LogP contribution < -0.4 is 9.47 Å². The van der Waals surface area contributed by atoms with Gasteiger partial charge in [-0.15, -0.1) is 0 Å². The second-order valence-corrected chi connectivity index (χ2v) is 8.47. The molecule has 0 unspecified atom stereocenters. The summed E-state index contributed by atoms with van der Waals surface area (Å²) in [6.45, 7) is 0.405. The van der Waals surface area contributed by atoms with Gasteiger partial charge in [-0.25, -0.2) is 0 Å². The maximum Gasteiger partial charge on any atom is 0.282 e. The number of fused-ring (bicyclic) bond motifs is 1. The molecule has 0 saturated heterocycles. The van der Waals surface area contributed by atoms with Crippen LogP contribution in [0.15, 0.2) is 42.5 Å². The smallest absolute Gasteiger partial charge is 0.282 e. The van der Waals surface area contributed by atoms with Crippen molar-refractivity contribution in [3.63, 3.8) is 0 Å². The SMILES string of the molecule is COc1cc2c(cc1OC)[C@H](c1ccccc1)N(S(=O)(=O)N(C)C)CC2. The van der Waals surface area contributed by atoms with Crippen LogP contribution in [0.3, 0.4) is 0 Å². The number of rotatable bonds is 5. The Bertz CT molecular complexity index is 882. The van der Waals surface area contributed by atoms with Crippen LogP contribution in [0, 0.1) is 0 Å². The van der Waals surface area contributed by atoms with Gasteiger partial charge in [-0.1, -0.05) is 30.3 Å². The number of methoxy groups -OCH3 is 2. The fraction of sp³-hybridized carbons (Fsp3) is 0.368. The minimum atomic E-state index is -3.58. The van der Waals surface area contributed by atoms with E-state index in [0.29, 0.717) is 24.5 Å². The highest BCUT2D eigenvalue weighted by Crippen LogP contribution is 2.42. The van der Waals surface area contributed by atoms with Gasteiger partial charge < -0.3 is 9.47 Å². The van der Waals surface area contributed by atoms with Crippen molar-refractivity contribution < 1.29 is 17.9 Å². The molecular weight excluding hydrogens is 352 g/mol. The van der Waals surface area contributed by atoms with Crippen LogP contribution in [0.2, 0.25) is 0 Å². The quantitative estimate of drug-likeness (QED) is 0.804. The normalized spacial score (nSPS) is 17.8. The van der Waals surface area contributed by atoms with E-state index in [-0.39, 0.29) is 0 Å². The topological polar surface area (TPSA) is 59.1 Å². The van der Waals surface area contributed by atoms with Gasteiger partial charge in [-0.3, -0.25) is 0 Å². The molecule has 26 heavy (non-hydrogen) atoms. The van der Waals surface area contributed by atoms with Gasteiger partial charge in [0.15, 0.2) is 11.5 Å². The summed E-state index contributed by atoms with van der Waals surface area (Å²) < 4.78 is 39.6. The van der Waals surface area contributed by atoms with E-state index < -0.39 is 16.3 Å². The number of hydrogen-bond donors (Lipinski definition) is 0. The van der Waals surface area contributed by atoms with Crippen molar-refractivity contribution in [3.8, 4) is 11.5 Å². The third kappa shape index (κ3) is 3.18. The van der Waals surface area contributed by atoms with Gasteiger partial charge in [-0.05, 0) is 35.2 Å². The highest BCUT2D eigenvalue weighted by Gasteiger charge is 2.38. The number of benzene rings is 2. The Hall–Kier alpha value is -2.09. The lowest BCUT2D eigenvalue weighted by molar-refractivity contribution is 0.314. The van der Waals surface area contributed by atoms with Crippen molar-refractivity contribution in [2.45, 2.75) is 12.5 Å². The molecule has 2 aromatic rings. The Morgan fingerprint density at radius 2 is 1.65 bits per heavy atom. The van der Waals surface area contributed by atoms with E-state index in [1.807, 2.05) is 42.5 Å². The Balaban J connectivity index is 2.22. The fourth-order valence-electron chi connectivity index (χ4n) is 3.36. The van der Waals surface area contributed by atoms with Gasteiger partial charge in [-0.2, -0.15) is 17.0 Å². The van der Waals surface area contributed by atoms with Crippen LogP contribution in [-0.4, -0.2) is 51.9 Å². The van der Waals surface area contributed by atoms with Crippen LogP contribution in [-0.2, 0) is 16.6 Å². The zero-order valence-corrected chi connectivity index (χ0v) is 16.3. The van der Waals surface area contributed by atoms with Crippen molar-refractivity contribution in [2.75, 3.05) is 34.9 Å². The Morgan fingerprint density at radius 1 is 1.04 bits per heavy atom. The van der Waals surface area contributed by atoms with E-state index in [1.165, 1.54) is 4.31 Å². The monoisotopic (exact) mass is 376 g/mol. The lowest BCUT2D eigenvalue weighted by atomic mass is 9.89. The van der Waals surface area contributed by atoms with Crippen molar-refractivity contribution in [1.82, 2.24) is 8.61 Å². The van der Waals surface area contributed by atoms with E-state index in [2.05, 4.69) is 0 Å². The first-order valence-corrected chi connectivity index (χ1v) is 9.79. The van der Waals surface area contributed by atoms with Crippen LogP contribution in [0.4, 0.5) is 0 Å². The van der Waals surface area contributed by atoms with Crippen molar-refractivity contribution in [2.24, 2.45) is 0 Å². The van der Waals surface area contributed by atoms with E-state index >= 15 is 0 Å². The molecule has 1 aliphatic rings. The van der Waals surface area contributed by atoms with E-state index in [9.17, 15) is 8.42 Å². The summed E-state index contributed by atoms with van der Waals surface area (Å²) in [6, 6.07) is 13.1. The summed E-state index contributed by atoms with van der Waals surface area (Å²) in [6.07, 6.45) is 0.617. The molecule has 6 nitrogen and oxygen atoms in total. The molecule has 3 rings (SSSR count). The molecule has 0 fully saturated rings. The van der Waals surface area contributed by atoms with Gasteiger partial charge in [0.2, 0.25) is 0 Å². The van der Waals surface area contributed by atoms with Crippen LogP contribution in [0.1, 0.15) is 22.7 Å². The lowest BCUT2D eigenvalue weighted by Crippen LogP contribution is -2.46. The van der Waals surface area contributed by atoms with E-state index in [0.717, 1.165) is 16.7 Å². The molecule has 140 valence electrons. The summed E-state index contributed by atoms with van der Waals surface area (Å²) >= 11 is 0. The Labute approximate surface area is 155 Å². The molecular formula is C19H24N2O4S. The van der Waals surface area contributed by atoms with Crippen LogP contribution in [0.5, 0.6) is 11.5 Å². The van der Waals surface area contributed by atoms with Crippen LogP contribution >= 0.6 is 0 Å². The zero-order chi connectivity index (χ0) is 18.9. The Kier molecular flexibility index (Phi) is 5.22. The average Bonchev–Trinajstić information content (AvgIpc) is 2.66. The minimum Gasteiger partial charge on any atom is -0.493 e. The first-order chi connectivity index (χ1) is 12.4. The molecule has 2 aromatic carbocycles. The second-order valence-electron chi connectivity index (χ2n) is 6.37. The summed E-state index contributed by atoms with van der Waals surface area (Å²) in [5, 5.41) is 0. The maximum absolute atomic E-state index is 13.0. The van der Waals surface area contributed by atoms with Gasteiger partial charge in [0.1, 0.15) is 0 Å². The molecule has 0 spiro atoms. The molecule has 7 heteroatoms. The zero-order valence-electron chi connectivity index (χ0n) is 15.5. The lowest BCUT2D eigenvalue weighted by Gasteiger charge is -2.38.